The number of aliphatic hydroxyl groups is 1. The summed E-state index contributed by atoms with van der Waals surface area (Å²) < 4.78 is 6.61. The van der Waals surface area contributed by atoms with Crippen molar-refractivity contribution >= 4 is 6.09 Å². The molecule has 0 saturated heterocycles. The van der Waals surface area contributed by atoms with E-state index in [0.29, 0.717) is 23.0 Å². The average Bonchev–Trinajstić information content (AvgIpc) is 3.21. The Morgan fingerprint density at radius 3 is 2.56 bits per heavy atom. The second kappa shape index (κ2) is 12.4. The number of carbonyl (C=O) groups is 1. The lowest BCUT2D eigenvalue weighted by molar-refractivity contribution is -0.889. The number of nitrogens with zero attached hydrogens (tertiary/aromatic N) is 1. The van der Waals surface area contributed by atoms with Crippen molar-refractivity contribution in [2.75, 3.05) is 40.3 Å². The van der Waals surface area contributed by atoms with Crippen LogP contribution in [0.25, 0.3) is 0 Å². The Kier molecular flexibility index (Phi) is 9.84. The van der Waals surface area contributed by atoms with Crippen LogP contribution in [0, 0.1) is 46.3 Å². The average molecular weight is 546 g/mol. The van der Waals surface area contributed by atoms with Crippen molar-refractivity contribution in [3.05, 3.63) is 11.6 Å². The maximum atomic E-state index is 12.6. The second-order valence-corrected chi connectivity index (χ2v) is 15.6. The minimum absolute atomic E-state index is 0.00257. The van der Waals surface area contributed by atoms with Crippen LogP contribution in [-0.2, 0) is 4.74 Å². The van der Waals surface area contributed by atoms with Gasteiger partial charge in [-0.15, -0.1) is 0 Å². The molecule has 8 atom stereocenters. The van der Waals surface area contributed by atoms with Gasteiger partial charge in [-0.3, -0.25) is 0 Å². The summed E-state index contributed by atoms with van der Waals surface area (Å²) in [6.45, 7) is 14.7. The van der Waals surface area contributed by atoms with E-state index in [4.69, 9.17) is 4.74 Å². The van der Waals surface area contributed by atoms with Gasteiger partial charge in [0.15, 0.2) is 0 Å². The highest BCUT2D eigenvalue weighted by atomic mass is 16.6. The smallest absolute Gasteiger partial charge is 0.407 e. The summed E-state index contributed by atoms with van der Waals surface area (Å²) in [7, 11) is 4.14. The molecule has 0 bridgehead atoms. The summed E-state index contributed by atoms with van der Waals surface area (Å²) in [5.41, 5.74) is 2.39. The van der Waals surface area contributed by atoms with E-state index in [1.165, 1.54) is 51.4 Å². The number of allylic oxidation sites excluding steroid dienone is 1. The summed E-state index contributed by atoms with van der Waals surface area (Å²) in [4.78, 5) is 12.6. The lowest BCUT2D eigenvalue weighted by Gasteiger charge is -2.58. The molecule has 0 aromatic rings. The van der Waals surface area contributed by atoms with Gasteiger partial charge >= 0.3 is 6.09 Å². The number of ether oxygens (including phenoxy) is 1. The van der Waals surface area contributed by atoms with Gasteiger partial charge in [0.05, 0.1) is 33.8 Å². The van der Waals surface area contributed by atoms with E-state index in [-0.39, 0.29) is 24.2 Å². The first-order chi connectivity index (χ1) is 18.4. The molecule has 3 fully saturated rings. The molecule has 0 spiro atoms. The number of rotatable bonds is 11. The molecule has 39 heavy (non-hydrogen) atoms. The molecule has 0 aromatic heterocycles. The number of hydrogen-bond acceptors (Lipinski definition) is 3. The number of amides is 1. The molecule has 3 saturated carbocycles. The molecule has 0 heterocycles. The Labute approximate surface area is 240 Å². The molecule has 1 amide bonds. The van der Waals surface area contributed by atoms with E-state index in [2.05, 4.69) is 60.1 Å². The van der Waals surface area contributed by atoms with Crippen LogP contribution in [0.4, 0.5) is 4.79 Å². The van der Waals surface area contributed by atoms with Crippen molar-refractivity contribution in [1.82, 2.24) is 5.32 Å². The Morgan fingerprint density at radius 2 is 1.85 bits per heavy atom. The molecule has 5 nitrogen and oxygen atoms in total. The zero-order chi connectivity index (χ0) is 28.4. The number of hydrogen-bond donors (Lipinski definition) is 2. The first-order valence-corrected chi connectivity index (χ1v) is 16.5. The summed E-state index contributed by atoms with van der Waals surface area (Å²) in [6.07, 6.45) is 16.5. The zero-order valence-electron chi connectivity index (χ0n) is 26.4. The number of nitrogens with one attached hydrogen (secondary N) is 1. The molecule has 4 unspecified atom stereocenters. The molecular formula is C34H61N2O3+. The third-order valence-corrected chi connectivity index (χ3v) is 12.2. The third-order valence-electron chi connectivity index (χ3n) is 12.2. The first-order valence-electron chi connectivity index (χ1n) is 16.5. The fourth-order valence-electron chi connectivity index (χ4n) is 9.79. The van der Waals surface area contributed by atoms with Gasteiger partial charge in [0.25, 0.3) is 0 Å². The van der Waals surface area contributed by atoms with Crippen LogP contribution < -0.4 is 5.32 Å². The molecule has 0 radical (unpaired) electrons. The minimum atomic E-state index is -0.283. The predicted molar refractivity (Wildman–Crippen MR) is 160 cm³/mol. The van der Waals surface area contributed by atoms with Gasteiger partial charge in [0.2, 0.25) is 0 Å². The summed E-state index contributed by atoms with van der Waals surface area (Å²) in [5, 5.41) is 12.2. The molecule has 4 aliphatic rings. The topological polar surface area (TPSA) is 58.6 Å². The molecule has 0 aromatic carbocycles. The fraction of sp³-hybridized carbons (Fsp3) is 0.912. The van der Waals surface area contributed by atoms with E-state index >= 15 is 0 Å². The van der Waals surface area contributed by atoms with Crippen LogP contribution in [-0.4, -0.2) is 62.1 Å². The van der Waals surface area contributed by atoms with E-state index in [1.807, 2.05) is 0 Å². The van der Waals surface area contributed by atoms with Crippen molar-refractivity contribution in [2.45, 2.75) is 111 Å². The predicted octanol–water partition coefficient (Wildman–Crippen LogP) is 7.19. The van der Waals surface area contributed by atoms with Gasteiger partial charge in [-0.2, -0.15) is 0 Å². The fourth-order valence-corrected chi connectivity index (χ4v) is 9.79. The monoisotopic (exact) mass is 545 g/mol. The Bertz CT molecular complexity index is 869. The van der Waals surface area contributed by atoms with E-state index in [1.54, 1.807) is 5.57 Å². The molecule has 224 valence electrons. The maximum absolute atomic E-state index is 12.6. The highest BCUT2D eigenvalue weighted by Crippen LogP contribution is 2.67. The zero-order valence-corrected chi connectivity index (χ0v) is 26.4. The SMILES string of the molecule is CC(C)CCC[C@@H](C)C1CCC2C3CC=C4C[C@@H](OC(=O)NCC[N+](C)(C)CCO)CC[C@]4(C)C3CC[C@@]21C. The number of likely N-dealkylation sites (N-methyl/N-ethyl adjacent to an activating group) is 1. The van der Waals surface area contributed by atoms with Crippen molar-refractivity contribution in [2.24, 2.45) is 46.3 Å². The van der Waals surface area contributed by atoms with E-state index in [0.717, 1.165) is 61.3 Å². The number of quaternary nitrogens is 1. The van der Waals surface area contributed by atoms with Gasteiger partial charge in [-0.25, -0.2) is 4.79 Å². The highest BCUT2D eigenvalue weighted by Gasteiger charge is 2.59. The number of fused-ring (bicyclic) bond motifs is 5. The van der Waals surface area contributed by atoms with Crippen LogP contribution in [0.3, 0.4) is 0 Å². The van der Waals surface area contributed by atoms with Gasteiger partial charge in [-0.05, 0) is 91.3 Å². The molecule has 0 aliphatic heterocycles. The normalized spacial score (nSPS) is 36.9. The lowest BCUT2D eigenvalue weighted by Crippen LogP contribution is -2.51. The van der Waals surface area contributed by atoms with Gasteiger partial charge in [0, 0.05) is 6.42 Å². The quantitative estimate of drug-likeness (QED) is 0.213. The van der Waals surface area contributed by atoms with Gasteiger partial charge in [-0.1, -0.05) is 65.5 Å². The van der Waals surface area contributed by atoms with Crippen LogP contribution in [0.1, 0.15) is 105 Å². The lowest BCUT2D eigenvalue weighted by atomic mass is 9.47. The Morgan fingerprint density at radius 1 is 1.08 bits per heavy atom. The molecule has 4 aliphatic carbocycles. The Hall–Kier alpha value is -1.07. The summed E-state index contributed by atoms with van der Waals surface area (Å²) in [6, 6.07) is 0. The van der Waals surface area contributed by atoms with Crippen LogP contribution in [0.5, 0.6) is 0 Å². The van der Waals surface area contributed by atoms with Crippen molar-refractivity contribution in [3.63, 3.8) is 0 Å². The highest BCUT2D eigenvalue weighted by molar-refractivity contribution is 5.67. The number of carbonyl (C=O) groups excluding carboxylic acids is 1. The second-order valence-electron chi connectivity index (χ2n) is 15.6. The first kappa shape index (κ1) is 30.9. The van der Waals surface area contributed by atoms with Gasteiger partial charge in [0.1, 0.15) is 12.6 Å². The Balaban J connectivity index is 1.33. The maximum Gasteiger partial charge on any atom is 0.407 e. The van der Waals surface area contributed by atoms with Crippen molar-refractivity contribution in [1.29, 1.82) is 0 Å². The summed E-state index contributed by atoms with van der Waals surface area (Å²) >= 11 is 0. The standard InChI is InChI=1S/C34H60N2O3/c1-24(2)9-8-10-25(3)29-13-14-30-28-12-11-26-23-27(39-32(38)35-19-20-36(6,7)21-22-37)15-17-33(26,4)31(28)16-18-34(29,30)5/h11,24-25,27-31,37H,8-10,12-23H2,1-7H3/p+1/t25-,27+,28?,29?,30?,31?,33+,34-/m1/s1. The molecule has 2 N–H and O–H groups in total. The molecule has 4 rings (SSSR count). The largest absolute Gasteiger partial charge is 0.446 e. The summed E-state index contributed by atoms with van der Waals surface area (Å²) in [5.74, 6) is 5.12. The number of alkyl carbamates (subject to hydrolysis) is 1. The minimum Gasteiger partial charge on any atom is -0.446 e. The van der Waals surface area contributed by atoms with Crippen LogP contribution in [0.2, 0.25) is 0 Å². The molecular weight excluding hydrogens is 484 g/mol. The van der Waals surface area contributed by atoms with Crippen LogP contribution in [0.15, 0.2) is 11.6 Å². The van der Waals surface area contributed by atoms with E-state index < -0.39 is 0 Å². The van der Waals surface area contributed by atoms with Crippen molar-refractivity contribution < 1.29 is 19.1 Å². The third kappa shape index (κ3) is 6.71. The van der Waals surface area contributed by atoms with Crippen LogP contribution >= 0.6 is 0 Å². The van der Waals surface area contributed by atoms with Gasteiger partial charge < -0.3 is 19.6 Å². The van der Waals surface area contributed by atoms with E-state index in [9.17, 15) is 9.90 Å². The number of aliphatic hydroxyl groups excluding tert-OH is 1. The van der Waals surface area contributed by atoms with Crippen molar-refractivity contribution in [3.8, 4) is 0 Å². The molecule has 5 heteroatoms.